The van der Waals surface area contributed by atoms with E-state index in [4.69, 9.17) is 4.42 Å². The third-order valence-corrected chi connectivity index (χ3v) is 4.67. The van der Waals surface area contributed by atoms with Crippen molar-refractivity contribution in [2.45, 2.75) is 32.2 Å². The molecule has 2 heterocycles. The van der Waals surface area contributed by atoms with E-state index < -0.39 is 17.9 Å². The molecule has 1 atom stereocenters. The minimum Gasteiger partial charge on any atom is -0.478 e. The molecule has 1 aromatic carbocycles. The molecule has 27 heavy (non-hydrogen) atoms. The molecule has 0 aliphatic carbocycles. The van der Waals surface area contributed by atoms with Gasteiger partial charge in [0.15, 0.2) is 5.76 Å². The van der Waals surface area contributed by atoms with Gasteiger partial charge in [-0.05, 0) is 12.0 Å². The maximum absolute atomic E-state index is 12.7. The van der Waals surface area contributed by atoms with Crippen LogP contribution >= 0.6 is 0 Å². The van der Waals surface area contributed by atoms with Gasteiger partial charge in [0.05, 0.1) is 6.04 Å². The van der Waals surface area contributed by atoms with Gasteiger partial charge < -0.3 is 19.7 Å². The van der Waals surface area contributed by atoms with Gasteiger partial charge in [0.1, 0.15) is 11.3 Å². The first-order valence-corrected chi connectivity index (χ1v) is 8.99. The zero-order valence-corrected chi connectivity index (χ0v) is 15.1. The van der Waals surface area contributed by atoms with Crippen LogP contribution in [-0.4, -0.2) is 40.9 Å². The Labute approximate surface area is 157 Å². The molecule has 7 heteroatoms. The Bertz CT molecular complexity index is 843. The number of carboxylic acid groups (broad SMARTS) is 1. The number of furan rings is 1. The van der Waals surface area contributed by atoms with Crippen LogP contribution in [0.1, 0.15) is 58.0 Å². The van der Waals surface area contributed by atoms with Gasteiger partial charge in [-0.25, -0.2) is 4.79 Å². The van der Waals surface area contributed by atoms with Crippen LogP contribution in [0.25, 0.3) is 0 Å². The number of hydrogen-bond acceptors (Lipinski definition) is 4. The SMILES string of the molecule is CCc1oc(C(=O)NC(CN2CCCC2=O)c2ccccc2)cc1C(=O)O. The van der Waals surface area contributed by atoms with Crippen LogP contribution in [0.15, 0.2) is 40.8 Å². The standard InChI is InChI=1S/C20H22N2O5/c1-2-16-14(20(25)26)11-17(27-16)19(24)21-15(13-7-4-3-5-8-13)12-22-10-6-9-18(22)23/h3-5,7-8,11,15H,2,6,9-10,12H2,1H3,(H,21,24)(H,25,26). The van der Waals surface area contributed by atoms with Crippen LogP contribution in [0, 0.1) is 0 Å². The Balaban J connectivity index is 1.82. The summed E-state index contributed by atoms with van der Waals surface area (Å²) in [7, 11) is 0. The minimum absolute atomic E-state index is 0.00590. The van der Waals surface area contributed by atoms with Crippen molar-refractivity contribution in [3.8, 4) is 0 Å². The van der Waals surface area contributed by atoms with Crippen molar-refractivity contribution in [1.82, 2.24) is 10.2 Å². The number of carbonyl (C=O) groups excluding carboxylic acids is 2. The molecular weight excluding hydrogens is 348 g/mol. The summed E-state index contributed by atoms with van der Waals surface area (Å²) in [6.07, 6.45) is 1.71. The average molecular weight is 370 g/mol. The summed E-state index contributed by atoms with van der Waals surface area (Å²) in [5.74, 6) is -1.34. The third-order valence-electron chi connectivity index (χ3n) is 4.67. The molecule has 1 saturated heterocycles. The quantitative estimate of drug-likeness (QED) is 0.780. The number of nitrogens with zero attached hydrogens (tertiary/aromatic N) is 1. The molecular formula is C20H22N2O5. The van der Waals surface area contributed by atoms with E-state index in [9.17, 15) is 19.5 Å². The monoisotopic (exact) mass is 370 g/mol. The van der Waals surface area contributed by atoms with Crippen molar-refractivity contribution in [3.63, 3.8) is 0 Å². The highest BCUT2D eigenvalue weighted by atomic mass is 16.4. The number of likely N-dealkylation sites (tertiary alicyclic amines) is 1. The van der Waals surface area contributed by atoms with E-state index in [1.165, 1.54) is 6.07 Å². The lowest BCUT2D eigenvalue weighted by molar-refractivity contribution is -0.128. The molecule has 3 rings (SSSR count). The first-order valence-electron chi connectivity index (χ1n) is 8.99. The summed E-state index contributed by atoms with van der Waals surface area (Å²) in [5.41, 5.74) is 0.861. The summed E-state index contributed by atoms with van der Waals surface area (Å²) in [6, 6.07) is 10.2. The molecule has 1 aromatic heterocycles. The van der Waals surface area contributed by atoms with E-state index in [0.29, 0.717) is 25.9 Å². The van der Waals surface area contributed by atoms with E-state index in [1.54, 1.807) is 11.8 Å². The molecule has 0 radical (unpaired) electrons. The van der Waals surface area contributed by atoms with Gasteiger partial charge in [0, 0.05) is 32.0 Å². The van der Waals surface area contributed by atoms with Crippen LogP contribution in [0.3, 0.4) is 0 Å². The summed E-state index contributed by atoms with van der Waals surface area (Å²) < 4.78 is 5.44. The van der Waals surface area contributed by atoms with Crippen LogP contribution in [0.4, 0.5) is 0 Å². The van der Waals surface area contributed by atoms with Gasteiger partial charge in [0.2, 0.25) is 5.91 Å². The summed E-state index contributed by atoms with van der Waals surface area (Å²) >= 11 is 0. The third kappa shape index (κ3) is 4.19. The molecule has 7 nitrogen and oxygen atoms in total. The maximum atomic E-state index is 12.7. The van der Waals surface area contributed by atoms with Gasteiger partial charge in [0.25, 0.3) is 5.91 Å². The second-order valence-corrected chi connectivity index (χ2v) is 6.49. The van der Waals surface area contributed by atoms with Crippen LogP contribution in [-0.2, 0) is 11.2 Å². The van der Waals surface area contributed by atoms with Crippen molar-refractivity contribution in [1.29, 1.82) is 0 Å². The summed E-state index contributed by atoms with van der Waals surface area (Å²) in [5, 5.41) is 12.1. The molecule has 1 fully saturated rings. The Morgan fingerprint density at radius 1 is 1.30 bits per heavy atom. The number of rotatable bonds is 7. The predicted molar refractivity (Wildman–Crippen MR) is 97.5 cm³/mol. The van der Waals surface area contributed by atoms with Gasteiger partial charge in [-0.2, -0.15) is 0 Å². The van der Waals surface area contributed by atoms with E-state index in [-0.39, 0.29) is 23.0 Å². The van der Waals surface area contributed by atoms with Crippen LogP contribution in [0.5, 0.6) is 0 Å². The van der Waals surface area contributed by atoms with Crippen molar-refractivity contribution < 1.29 is 23.9 Å². The highest BCUT2D eigenvalue weighted by Crippen LogP contribution is 2.21. The number of carbonyl (C=O) groups is 3. The van der Waals surface area contributed by atoms with Gasteiger partial charge in [-0.1, -0.05) is 37.3 Å². The number of aromatic carboxylic acids is 1. The zero-order valence-electron chi connectivity index (χ0n) is 15.1. The fraction of sp³-hybridized carbons (Fsp3) is 0.350. The van der Waals surface area contributed by atoms with E-state index in [2.05, 4.69) is 5.32 Å². The molecule has 2 N–H and O–H groups in total. The highest BCUT2D eigenvalue weighted by Gasteiger charge is 2.27. The van der Waals surface area contributed by atoms with E-state index in [0.717, 1.165) is 12.0 Å². The maximum Gasteiger partial charge on any atom is 0.339 e. The second-order valence-electron chi connectivity index (χ2n) is 6.49. The molecule has 142 valence electrons. The largest absolute Gasteiger partial charge is 0.478 e. The highest BCUT2D eigenvalue weighted by molar-refractivity contribution is 5.96. The zero-order chi connectivity index (χ0) is 19.4. The fourth-order valence-electron chi connectivity index (χ4n) is 3.25. The number of hydrogen-bond donors (Lipinski definition) is 2. The van der Waals surface area contributed by atoms with Gasteiger partial charge in [-0.15, -0.1) is 0 Å². The minimum atomic E-state index is -1.13. The van der Waals surface area contributed by atoms with Crippen molar-refractivity contribution in [2.24, 2.45) is 0 Å². The lowest BCUT2D eigenvalue weighted by atomic mass is 10.1. The second kappa shape index (κ2) is 8.07. The molecule has 0 bridgehead atoms. The average Bonchev–Trinajstić information content (AvgIpc) is 3.28. The Morgan fingerprint density at radius 3 is 2.59 bits per heavy atom. The first kappa shape index (κ1) is 18.7. The molecule has 1 aliphatic heterocycles. The summed E-state index contributed by atoms with van der Waals surface area (Å²) in [4.78, 5) is 37.7. The van der Waals surface area contributed by atoms with Gasteiger partial charge >= 0.3 is 5.97 Å². The normalized spacial score (nSPS) is 15.0. The number of amides is 2. The lowest BCUT2D eigenvalue weighted by Crippen LogP contribution is -2.38. The summed E-state index contributed by atoms with van der Waals surface area (Å²) in [6.45, 7) is 2.79. The van der Waals surface area contributed by atoms with Crippen molar-refractivity contribution >= 4 is 17.8 Å². The van der Waals surface area contributed by atoms with Crippen LogP contribution in [0.2, 0.25) is 0 Å². The number of nitrogens with one attached hydrogen (secondary N) is 1. The van der Waals surface area contributed by atoms with E-state index >= 15 is 0 Å². The van der Waals surface area contributed by atoms with E-state index in [1.807, 2.05) is 30.3 Å². The Morgan fingerprint density at radius 2 is 2.04 bits per heavy atom. The number of benzene rings is 1. The first-order chi connectivity index (χ1) is 13.0. The molecule has 0 spiro atoms. The number of aryl methyl sites for hydroxylation is 1. The van der Waals surface area contributed by atoms with Crippen molar-refractivity contribution in [3.05, 3.63) is 59.0 Å². The van der Waals surface area contributed by atoms with Gasteiger partial charge in [-0.3, -0.25) is 9.59 Å². The number of carboxylic acids is 1. The topological polar surface area (TPSA) is 99.9 Å². The molecule has 0 saturated carbocycles. The van der Waals surface area contributed by atoms with Crippen molar-refractivity contribution in [2.75, 3.05) is 13.1 Å². The molecule has 1 unspecified atom stereocenters. The molecule has 2 amide bonds. The fourth-order valence-corrected chi connectivity index (χ4v) is 3.25. The Kier molecular flexibility index (Phi) is 5.59. The molecule has 2 aromatic rings. The molecule has 1 aliphatic rings. The van der Waals surface area contributed by atoms with Crippen LogP contribution < -0.4 is 5.32 Å². The predicted octanol–water partition coefficient (Wildman–Crippen LogP) is 2.63. The lowest BCUT2D eigenvalue weighted by Gasteiger charge is -2.25. The smallest absolute Gasteiger partial charge is 0.339 e. The Hall–Kier alpha value is -3.09.